The molecule has 0 radical (unpaired) electrons. The largest absolute Gasteiger partial charge is 0.450 e. The molecule has 0 fully saturated rings. The van der Waals surface area contributed by atoms with Crippen LogP contribution in [0.5, 0.6) is 0 Å². The van der Waals surface area contributed by atoms with Gasteiger partial charge in [0.1, 0.15) is 0 Å². The minimum absolute atomic E-state index is 0. The zero-order chi connectivity index (χ0) is 12.4. The fourth-order valence-corrected chi connectivity index (χ4v) is 1.15. The Labute approximate surface area is 111 Å². The molecule has 0 aliphatic carbocycles. The number of ether oxygens (including phenoxy) is 1. The summed E-state index contributed by atoms with van der Waals surface area (Å²) >= 11 is 0. The van der Waals surface area contributed by atoms with Gasteiger partial charge in [0.05, 0.1) is 6.61 Å². The Hall–Kier alpha value is -0.480. The molecule has 0 saturated carbocycles. The topological polar surface area (TPSA) is 50.4 Å². The number of nitrogens with one attached hydrogen (secondary N) is 2. The van der Waals surface area contributed by atoms with Gasteiger partial charge in [-0.15, -0.1) is 12.4 Å². The van der Waals surface area contributed by atoms with Crippen molar-refractivity contribution in [2.24, 2.45) is 0 Å². The summed E-state index contributed by atoms with van der Waals surface area (Å²) in [5.41, 5.74) is 0.174. The van der Waals surface area contributed by atoms with Crippen LogP contribution >= 0.6 is 12.4 Å². The highest BCUT2D eigenvalue weighted by Crippen LogP contribution is 1.98. The van der Waals surface area contributed by atoms with E-state index in [2.05, 4.69) is 31.4 Å². The molecule has 104 valence electrons. The van der Waals surface area contributed by atoms with E-state index in [4.69, 9.17) is 4.74 Å². The van der Waals surface area contributed by atoms with Gasteiger partial charge in [0.25, 0.3) is 0 Å². The van der Waals surface area contributed by atoms with Crippen molar-refractivity contribution in [3.63, 3.8) is 0 Å². The second kappa shape index (κ2) is 10.7. The van der Waals surface area contributed by atoms with Gasteiger partial charge < -0.3 is 15.4 Å². The molecule has 0 bridgehead atoms. The van der Waals surface area contributed by atoms with Crippen LogP contribution in [0, 0.1) is 0 Å². The standard InChI is InChI=1S/C12H26N2O2.ClH/c1-5-10-16-11(15)13-8-6-7-9-14-12(2,3)4;/h14H,5-10H2,1-4H3,(H,13,15);1H. The van der Waals surface area contributed by atoms with Crippen LogP contribution in [-0.2, 0) is 4.74 Å². The second-order valence-electron chi connectivity index (χ2n) is 4.95. The Bertz CT molecular complexity index is 193. The van der Waals surface area contributed by atoms with Crippen LogP contribution in [0.4, 0.5) is 4.79 Å². The Balaban J connectivity index is 0. The summed E-state index contributed by atoms with van der Waals surface area (Å²) in [6.07, 6.45) is 2.60. The molecule has 0 aromatic rings. The van der Waals surface area contributed by atoms with Crippen molar-refractivity contribution in [2.45, 2.75) is 52.5 Å². The van der Waals surface area contributed by atoms with Gasteiger partial charge in [-0.05, 0) is 46.6 Å². The molecule has 2 N–H and O–H groups in total. The maximum atomic E-state index is 11.0. The maximum absolute atomic E-state index is 11.0. The highest BCUT2D eigenvalue weighted by molar-refractivity contribution is 5.85. The number of hydrogen-bond donors (Lipinski definition) is 2. The van der Waals surface area contributed by atoms with Gasteiger partial charge in [0.2, 0.25) is 0 Å². The molecule has 0 aromatic heterocycles. The van der Waals surface area contributed by atoms with Crippen molar-refractivity contribution in [1.29, 1.82) is 0 Å². The number of halogens is 1. The van der Waals surface area contributed by atoms with Crippen molar-refractivity contribution >= 4 is 18.5 Å². The lowest BCUT2D eigenvalue weighted by atomic mass is 10.1. The van der Waals surface area contributed by atoms with Crippen LogP contribution in [0.15, 0.2) is 0 Å². The fourth-order valence-electron chi connectivity index (χ4n) is 1.15. The van der Waals surface area contributed by atoms with E-state index in [1.165, 1.54) is 0 Å². The molecule has 0 spiro atoms. The SMILES string of the molecule is CCCOC(=O)NCCCCNC(C)(C)C.Cl. The summed E-state index contributed by atoms with van der Waals surface area (Å²) in [5.74, 6) is 0. The van der Waals surface area contributed by atoms with Crippen molar-refractivity contribution < 1.29 is 9.53 Å². The molecule has 5 heteroatoms. The first-order chi connectivity index (χ1) is 7.45. The number of amides is 1. The summed E-state index contributed by atoms with van der Waals surface area (Å²) < 4.78 is 4.89. The quantitative estimate of drug-likeness (QED) is 0.697. The highest BCUT2D eigenvalue weighted by Gasteiger charge is 2.07. The van der Waals surface area contributed by atoms with E-state index in [0.29, 0.717) is 13.2 Å². The van der Waals surface area contributed by atoms with E-state index < -0.39 is 0 Å². The number of carbonyl (C=O) groups excluding carboxylic acids is 1. The van der Waals surface area contributed by atoms with Crippen LogP contribution in [0.1, 0.15) is 47.0 Å². The maximum Gasteiger partial charge on any atom is 0.407 e. The number of rotatable bonds is 7. The smallest absolute Gasteiger partial charge is 0.407 e. The first-order valence-electron chi connectivity index (χ1n) is 6.11. The van der Waals surface area contributed by atoms with Crippen LogP contribution in [0.3, 0.4) is 0 Å². The van der Waals surface area contributed by atoms with Crippen molar-refractivity contribution in [1.82, 2.24) is 10.6 Å². The molecule has 0 saturated heterocycles. The predicted octanol–water partition coefficient (Wildman–Crippen LogP) is 2.71. The summed E-state index contributed by atoms with van der Waals surface area (Å²) in [7, 11) is 0. The van der Waals surface area contributed by atoms with Crippen LogP contribution in [0.25, 0.3) is 0 Å². The third-order valence-corrected chi connectivity index (χ3v) is 1.97. The van der Waals surface area contributed by atoms with Gasteiger partial charge in [-0.2, -0.15) is 0 Å². The molecule has 4 nitrogen and oxygen atoms in total. The van der Waals surface area contributed by atoms with Crippen molar-refractivity contribution in [3.8, 4) is 0 Å². The van der Waals surface area contributed by atoms with Gasteiger partial charge in [-0.1, -0.05) is 6.92 Å². The average molecular weight is 267 g/mol. The minimum Gasteiger partial charge on any atom is -0.450 e. The number of carbonyl (C=O) groups is 1. The van der Waals surface area contributed by atoms with E-state index in [1.54, 1.807) is 0 Å². The third-order valence-electron chi connectivity index (χ3n) is 1.97. The normalized spacial score (nSPS) is 10.6. The number of unbranched alkanes of at least 4 members (excludes halogenated alkanes) is 1. The van der Waals surface area contributed by atoms with Gasteiger partial charge in [0.15, 0.2) is 0 Å². The summed E-state index contributed by atoms with van der Waals surface area (Å²) in [6.45, 7) is 10.6. The molecule has 1 amide bonds. The Morgan fingerprint density at radius 3 is 2.29 bits per heavy atom. The van der Waals surface area contributed by atoms with Crippen LogP contribution in [0.2, 0.25) is 0 Å². The van der Waals surface area contributed by atoms with Gasteiger partial charge in [0, 0.05) is 12.1 Å². The fraction of sp³-hybridized carbons (Fsp3) is 0.917. The Kier molecular flexibility index (Phi) is 11.8. The van der Waals surface area contributed by atoms with Gasteiger partial charge in [-0.3, -0.25) is 0 Å². The van der Waals surface area contributed by atoms with Crippen LogP contribution < -0.4 is 10.6 Å². The van der Waals surface area contributed by atoms with E-state index in [0.717, 1.165) is 25.8 Å². The van der Waals surface area contributed by atoms with E-state index >= 15 is 0 Å². The third kappa shape index (κ3) is 15.5. The van der Waals surface area contributed by atoms with Gasteiger partial charge >= 0.3 is 6.09 Å². The average Bonchev–Trinajstić information content (AvgIpc) is 2.18. The lowest BCUT2D eigenvalue weighted by Crippen LogP contribution is -2.36. The Morgan fingerprint density at radius 1 is 1.18 bits per heavy atom. The zero-order valence-corrected chi connectivity index (χ0v) is 12.3. The minimum atomic E-state index is -0.300. The molecule has 17 heavy (non-hydrogen) atoms. The molecule has 0 unspecified atom stereocenters. The van der Waals surface area contributed by atoms with E-state index in [-0.39, 0.29) is 24.0 Å². The Morgan fingerprint density at radius 2 is 1.76 bits per heavy atom. The molecule has 0 atom stereocenters. The second-order valence-corrected chi connectivity index (χ2v) is 4.95. The lowest BCUT2D eigenvalue weighted by molar-refractivity contribution is 0.146. The number of alkyl carbamates (subject to hydrolysis) is 1. The summed E-state index contributed by atoms with van der Waals surface area (Å²) in [6, 6.07) is 0. The van der Waals surface area contributed by atoms with Crippen molar-refractivity contribution in [2.75, 3.05) is 19.7 Å². The highest BCUT2D eigenvalue weighted by atomic mass is 35.5. The number of hydrogen-bond acceptors (Lipinski definition) is 3. The van der Waals surface area contributed by atoms with Crippen molar-refractivity contribution in [3.05, 3.63) is 0 Å². The summed E-state index contributed by atoms with van der Waals surface area (Å²) in [4.78, 5) is 11.0. The van der Waals surface area contributed by atoms with Gasteiger partial charge in [-0.25, -0.2) is 4.79 Å². The molecule has 0 aromatic carbocycles. The van der Waals surface area contributed by atoms with E-state index in [9.17, 15) is 4.79 Å². The molecule has 0 aliphatic rings. The molecule has 0 rings (SSSR count). The molecule has 0 aliphatic heterocycles. The molecular formula is C12H27ClN2O2. The zero-order valence-electron chi connectivity index (χ0n) is 11.5. The first-order valence-corrected chi connectivity index (χ1v) is 6.11. The van der Waals surface area contributed by atoms with Crippen LogP contribution in [-0.4, -0.2) is 31.3 Å². The molecular weight excluding hydrogens is 240 g/mol. The van der Waals surface area contributed by atoms with E-state index in [1.807, 2.05) is 6.92 Å². The summed E-state index contributed by atoms with van der Waals surface area (Å²) in [5, 5.41) is 6.13. The lowest BCUT2D eigenvalue weighted by Gasteiger charge is -2.20. The molecule has 0 heterocycles. The monoisotopic (exact) mass is 266 g/mol. The first kappa shape index (κ1) is 18.9. The predicted molar refractivity (Wildman–Crippen MR) is 73.9 cm³/mol.